The Morgan fingerprint density at radius 3 is 2.37 bits per heavy atom. The van der Waals surface area contributed by atoms with Crippen molar-refractivity contribution in [2.45, 2.75) is 30.7 Å². The van der Waals surface area contributed by atoms with Gasteiger partial charge in [0.25, 0.3) is 9.84 Å². The predicted octanol–water partition coefficient (Wildman–Crippen LogP) is 3.44. The molecule has 0 bridgehead atoms. The Morgan fingerprint density at radius 2 is 1.84 bits per heavy atom. The van der Waals surface area contributed by atoms with Crippen LogP contribution in [0.25, 0.3) is 0 Å². The van der Waals surface area contributed by atoms with Gasteiger partial charge in [-0.1, -0.05) is 32.4 Å². The summed E-state index contributed by atoms with van der Waals surface area (Å²) in [6.07, 6.45) is 0.848. The third-order valence-electron chi connectivity index (χ3n) is 2.82. The standard InChI is InChI=1S/C12H16F3NO2S/c1-3-9(2)8-16-10-6-4-5-7-11(10)19(17,18)12(13,14)15/h4-7,9,16H,3,8H2,1-2H3. The summed E-state index contributed by atoms with van der Waals surface area (Å²) in [5.74, 6) is 0.238. The molecule has 108 valence electrons. The Morgan fingerprint density at radius 1 is 1.26 bits per heavy atom. The van der Waals surface area contributed by atoms with Crippen molar-refractivity contribution < 1.29 is 21.6 Å². The Labute approximate surface area is 110 Å². The first kappa shape index (κ1) is 15.8. The highest BCUT2D eigenvalue weighted by molar-refractivity contribution is 7.92. The maximum Gasteiger partial charge on any atom is 0.501 e. The Balaban J connectivity index is 3.10. The minimum Gasteiger partial charge on any atom is -0.384 e. The first-order valence-corrected chi connectivity index (χ1v) is 7.32. The lowest BCUT2D eigenvalue weighted by Crippen LogP contribution is -2.24. The predicted molar refractivity (Wildman–Crippen MR) is 67.6 cm³/mol. The largest absolute Gasteiger partial charge is 0.501 e. The molecule has 1 N–H and O–H groups in total. The summed E-state index contributed by atoms with van der Waals surface area (Å²) in [5, 5.41) is 2.76. The van der Waals surface area contributed by atoms with E-state index in [1.807, 2.05) is 13.8 Å². The van der Waals surface area contributed by atoms with Gasteiger partial charge in [0, 0.05) is 6.54 Å². The number of anilines is 1. The summed E-state index contributed by atoms with van der Waals surface area (Å²) in [4.78, 5) is -0.731. The number of hydrogen-bond donors (Lipinski definition) is 1. The summed E-state index contributed by atoms with van der Waals surface area (Å²) in [5.41, 5.74) is -5.30. The minimum atomic E-state index is -5.32. The quantitative estimate of drug-likeness (QED) is 0.905. The zero-order valence-corrected chi connectivity index (χ0v) is 11.5. The second-order valence-electron chi connectivity index (χ2n) is 4.34. The van der Waals surface area contributed by atoms with Gasteiger partial charge in [-0.2, -0.15) is 13.2 Å². The van der Waals surface area contributed by atoms with E-state index in [1.54, 1.807) is 0 Å². The van der Waals surface area contributed by atoms with Crippen LogP contribution in [0.2, 0.25) is 0 Å². The second kappa shape index (κ2) is 5.81. The van der Waals surface area contributed by atoms with E-state index < -0.39 is 20.2 Å². The number of rotatable bonds is 5. The molecule has 0 aliphatic heterocycles. The first-order chi connectivity index (χ1) is 8.70. The van der Waals surface area contributed by atoms with Crippen molar-refractivity contribution in [2.24, 2.45) is 5.92 Å². The molecular weight excluding hydrogens is 279 g/mol. The van der Waals surface area contributed by atoms with Gasteiger partial charge in [-0.15, -0.1) is 0 Å². The van der Waals surface area contributed by atoms with Gasteiger partial charge >= 0.3 is 5.51 Å². The van der Waals surface area contributed by atoms with E-state index in [-0.39, 0.29) is 11.6 Å². The molecule has 19 heavy (non-hydrogen) atoms. The summed E-state index contributed by atoms with van der Waals surface area (Å²) in [7, 11) is -5.32. The molecule has 0 aromatic heterocycles. The van der Waals surface area contributed by atoms with Crippen molar-refractivity contribution in [3.63, 3.8) is 0 Å². The van der Waals surface area contributed by atoms with E-state index in [0.29, 0.717) is 6.54 Å². The van der Waals surface area contributed by atoms with Crippen molar-refractivity contribution in [3.05, 3.63) is 24.3 Å². The van der Waals surface area contributed by atoms with Gasteiger partial charge in [-0.3, -0.25) is 0 Å². The van der Waals surface area contributed by atoms with Crippen LogP contribution < -0.4 is 5.32 Å². The second-order valence-corrected chi connectivity index (χ2v) is 6.25. The molecule has 1 aromatic carbocycles. The lowest BCUT2D eigenvalue weighted by Gasteiger charge is -2.16. The zero-order chi connectivity index (χ0) is 14.7. The highest BCUT2D eigenvalue weighted by atomic mass is 32.2. The molecule has 1 rings (SSSR count). The molecule has 0 fully saturated rings. The molecule has 0 amide bonds. The van der Waals surface area contributed by atoms with Gasteiger partial charge in [-0.05, 0) is 18.1 Å². The normalized spacial score (nSPS) is 14.2. The lowest BCUT2D eigenvalue weighted by atomic mass is 10.1. The van der Waals surface area contributed by atoms with Crippen LogP contribution in [0.1, 0.15) is 20.3 Å². The van der Waals surface area contributed by atoms with Gasteiger partial charge in [0.15, 0.2) is 0 Å². The van der Waals surface area contributed by atoms with Crippen LogP contribution in [-0.2, 0) is 9.84 Å². The van der Waals surface area contributed by atoms with Crippen molar-refractivity contribution in [1.82, 2.24) is 0 Å². The molecule has 0 aliphatic carbocycles. The van der Waals surface area contributed by atoms with Crippen molar-refractivity contribution >= 4 is 15.5 Å². The van der Waals surface area contributed by atoms with E-state index >= 15 is 0 Å². The maximum absolute atomic E-state index is 12.5. The SMILES string of the molecule is CCC(C)CNc1ccccc1S(=O)(=O)C(F)(F)F. The number of halogens is 3. The number of nitrogens with one attached hydrogen (secondary N) is 1. The van der Waals surface area contributed by atoms with Crippen molar-refractivity contribution in [2.75, 3.05) is 11.9 Å². The average molecular weight is 295 g/mol. The Kier molecular flexibility index (Phi) is 4.84. The third-order valence-corrected chi connectivity index (χ3v) is 4.36. The molecule has 0 aliphatic rings. The van der Waals surface area contributed by atoms with E-state index in [2.05, 4.69) is 5.32 Å². The fourth-order valence-electron chi connectivity index (χ4n) is 1.40. The van der Waals surface area contributed by atoms with Crippen LogP contribution in [0.3, 0.4) is 0 Å². The summed E-state index contributed by atoms with van der Waals surface area (Å²) < 4.78 is 60.5. The molecule has 0 saturated carbocycles. The average Bonchev–Trinajstić information content (AvgIpc) is 2.34. The fourth-order valence-corrected chi connectivity index (χ4v) is 2.34. The molecule has 0 radical (unpaired) electrons. The molecule has 0 spiro atoms. The zero-order valence-electron chi connectivity index (χ0n) is 10.7. The van der Waals surface area contributed by atoms with E-state index in [9.17, 15) is 21.6 Å². The molecule has 3 nitrogen and oxygen atoms in total. The van der Waals surface area contributed by atoms with Crippen LogP contribution in [0.4, 0.5) is 18.9 Å². The summed E-state index contributed by atoms with van der Waals surface area (Å²) in [6, 6.07) is 5.06. The van der Waals surface area contributed by atoms with E-state index in [1.165, 1.54) is 18.2 Å². The molecule has 0 heterocycles. The number of para-hydroxylation sites is 1. The Hall–Kier alpha value is -1.24. The fraction of sp³-hybridized carbons (Fsp3) is 0.500. The van der Waals surface area contributed by atoms with Crippen LogP contribution in [0, 0.1) is 5.92 Å². The number of sulfone groups is 1. The van der Waals surface area contributed by atoms with Crippen LogP contribution in [0.15, 0.2) is 29.2 Å². The minimum absolute atomic E-state index is 0.0138. The molecule has 1 unspecified atom stereocenters. The summed E-state index contributed by atoms with van der Waals surface area (Å²) >= 11 is 0. The first-order valence-electron chi connectivity index (χ1n) is 5.84. The smallest absolute Gasteiger partial charge is 0.384 e. The molecule has 1 aromatic rings. The van der Waals surface area contributed by atoms with Gasteiger partial charge in [0.2, 0.25) is 0 Å². The van der Waals surface area contributed by atoms with Crippen LogP contribution in [0.5, 0.6) is 0 Å². The number of alkyl halides is 3. The summed E-state index contributed by atoms with van der Waals surface area (Å²) in [6.45, 7) is 4.29. The van der Waals surface area contributed by atoms with Crippen LogP contribution >= 0.6 is 0 Å². The monoisotopic (exact) mass is 295 g/mol. The van der Waals surface area contributed by atoms with Gasteiger partial charge in [-0.25, -0.2) is 8.42 Å². The van der Waals surface area contributed by atoms with Gasteiger partial charge in [0.05, 0.1) is 10.6 Å². The molecule has 0 saturated heterocycles. The van der Waals surface area contributed by atoms with Gasteiger partial charge < -0.3 is 5.32 Å². The van der Waals surface area contributed by atoms with E-state index in [4.69, 9.17) is 0 Å². The highest BCUT2D eigenvalue weighted by Crippen LogP contribution is 2.34. The topological polar surface area (TPSA) is 46.2 Å². The highest BCUT2D eigenvalue weighted by Gasteiger charge is 2.47. The van der Waals surface area contributed by atoms with Gasteiger partial charge in [0.1, 0.15) is 0 Å². The van der Waals surface area contributed by atoms with Crippen LogP contribution in [-0.4, -0.2) is 20.5 Å². The third kappa shape index (κ3) is 3.62. The lowest BCUT2D eigenvalue weighted by molar-refractivity contribution is -0.0435. The maximum atomic E-state index is 12.5. The van der Waals surface area contributed by atoms with Crippen molar-refractivity contribution in [1.29, 1.82) is 0 Å². The number of benzene rings is 1. The number of hydrogen-bond acceptors (Lipinski definition) is 3. The Bertz CT molecular complexity index is 526. The molecule has 1 atom stereocenters. The van der Waals surface area contributed by atoms with E-state index in [0.717, 1.165) is 12.5 Å². The van der Waals surface area contributed by atoms with Crippen molar-refractivity contribution in [3.8, 4) is 0 Å². The molecule has 7 heteroatoms. The molecular formula is C12H16F3NO2S.